The lowest BCUT2D eigenvalue weighted by Crippen LogP contribution is -2.37. The molecule has 0 fully saturated rings. The van der Waals surface area contributed by atoms with Crippen LogP contribution < -0.4 is 10.6 Å². The Morgan fingerprint density at radius 1 is 1.14 bits per heavy atom. The van der Waals surface area contributed by atoms with Crippen LogP contribution in [0.15, 0.2) is 0 Å². The SMILES string of the molecule is CCCCC(CC)CNC(C)CNC. The van der Waals surface area contributed by atoms with E-state index < -0.39 is 0 Å². The van der Waals surface area contributed by atoms with E-state index in [1.165, 1.54) is 32.2 Å². The highest BCUT2D eigenvalue weighted by atomic mass is 15.0. The largest absolute Gasteiger partial charge is 0.318 e. The van der Waals surface area contributed by atoms with Crippen LogP contribution in [0.2, 0.25) is 0 Å². The van der Waals surface area contributed by atoms with Gasteiger partial charge in [0.25, 0.3) is 0 Å². The van der Waals surface area contributed by atoms with Crippen molar-refractivity contribution in [2.24, 2.45) is 5.92 Å². The molecule has 0 amide bonds. The molecule has 2 N–H and O–H groups in total. The van der Waals surface area contributed by atoms with Gasteiger partial charge < -0.3 is 10.6 Å². The molecule has 0 aromatic carbocycles. The van der Waals surface area contributed by atoms with Crippen molar-refractivity contribution < 1.29 is 0 Å². The number of rotatable bonds is 9. The molecule has 0 saturated heterocycles. The second-order valence-corrected chi connectivity index (χ2v) is 4.28. The highest BCUT2D eigenvalue weighted by Crippen LogP contribution is 2.11. The predicted octanol–water partition coefficient (Wildman–Crippen LogP) is 2.40. The van der Waals surface area contributed by atoms with Crippen molar-refractivity contribution in [1.82, 2.24) is 10.6 Å². The molecule has 0 aromatic rings. The van der Waals surface area contributed by atoms with Gasteiger partial charge in [-0.2, -0.15) is 0 Å². The second kappa shape index (κ2) is 9.47. The molecule has 0 aromatic heterocycles. The van der Waals surface area contributed by atoms with Crippen molar-refractivity contribution in [2.75, 3.05) is 20.1 Å². The molecule has 0 aliphatic rings. The summed E-state index contributed by atoms with van der Waals surface area (Å²) in [6, 6.07) is 0.593. The Kier molecular flexibility index (Phi) is 9.42. The Labute approximate surface area is 89.9 Å². The van der Waals surface area contributed by atoms with E-state index in [1.807, 2.05) is 7.05 Å². The van der Waals surface area contributed by atoms with Crippen LogP contribution in [0.3, 0.4) is 0 Å². The number of nitrogens with one attached hydrogen (secondary N) is 2. The van der Waals surface area contributed by atoms with E-state index >= 15 is 0 Å². The molecule has 0 bridgehead atoms. The van der Waals surface area contributed by atoms with Crippen LogP contribution in [0.5, 0.6) is 0 Å². The summed E-state index contributed by atoms with van der Waals surface area (Å²) < 4.78 is 0. The van der Waals surface area contributed by atoms with Crippen molar-refractivity contribution >= 4 is 0 Å². The monoisotopic (exact) mass is 200 g/mol. The Balaban J connectivity index is 3.50. The standard InChI is InChI=1S/C12H28N2/c1-5-7-8-12(6-2)10-14-11(3)9-13-4/h11-14H,5-10H2,1-4H3. The fraction of sp³-hybridized carbons (Fsp3) is 1.00. The van der Waals surface area contributed by atoms with Gasteiger partial charge in [-0.3, -0.25) is 0 Å². The normalized spacial score (nSPS) is 15.4. The molecule has 0 aliphatic carbocycles. The summed E-state index contributed by atoms with van der Waals surface area (Å²) in [4.78, 5) is 0. The van der Waals surface area contributed by atoms with Gasteiger partial charge in [-0.15, -0.1) is 0 Å². The topological polar surface area (TPSA) is 24.1 Å². The molecule has 0 radical (unpaired) electrons. The first-order valence-corrected chi connectivity index (χ1v) is 6.12. The van der Waals surface area contributed by atoms with Gasteiger partial charge in [-0.25, -0.2) is 0 Å². The molecular weight excluding hydrogens is 172 g/mol. The Morgan fingerprint density at radius 2 is 1.86 bits per heavy atom. The predicted molar refractivity (Wildman–Crippen MR) is 64.7 cm³/mol. The minimum Gasteiger partial charge on any atom is -0.318 e. The van der Waals surface area contributed by atoms with Gasteiger partial charge in [-0.1, -0.05) is 33.1 Å². The molecular formula is C12H28N2. The third-order valence-electron chi connectivity index (χ3n) is 2.81. The van der Waals surface area contributed by atoms with Crippen molar-refractivity contribution in [3.05, 3.63) is 0 Å². The first kappa shape index (κ1) is 13.9. The minimum atomic E-state index is 0.593. The fourth-order valence-electron chi connectivity index (χ4n) is 1.69. The molecule has 2 atom stereocenters. The number of likely N-dealkylation sites (N-methyl/N-ethyl adjacent to an activating group) is 1. The quantitative estimate of drug-likeness (QED) is 0.597. The lowest BCUT2D eigenvalue weighted by Gasteiger charge is -2.19. The Bertz CT molecular complexity index is 115. The third kappa shape index (κ3) is 7.34. The molecule has 0 spiro atoms. The van der Waals surface area contributed by atoms with Crippen LogP contribution in [0.4, 0.5) is 0 Å². The first-order chi connectivity index (χ1) is 6.74. The van der Waals surface area contributed by atoms with E-state index in [4.69, 9.17) is 0 Å². The van der Waals surface area contributed by atoms with Crippen LogP contribution in [0.25, 0.3) is 0 Å². The fourth-order valence-corrected chi connectivity index (χ4v) is 1.69. The maximum atomic E-state index is 3.58. The van der Waals surface area contributed by atoms with E-state index in [2.05, 4.69) is 31.4 Å². The van der Waals surface area contributed by atoms with Crippen molar-refractivity contribution in [3.63, 3.8) is 0 Å². The zero-order valence-corrected chi connectivity index (χ0v) is 10.4. The first-order valence-electron chi connectivity index (χ1n) is 6.12. The zero-order valence-electron chi connectivity index (χ0n) is 10.4. The van der Waals surface area contributed by atoms with E-state index in [0.29, 0.717) is 6.04 Å². The molecule has 0 aliphatic heterocycles. The van der Waals surface area contributed by atoms with Crippen LogP contribution in [-0.4, -0.2) is 26.2 Å². The van der Waals surface area contributed by atoms with E-state index in [-0.39, 0.29) is 0 Å². The summed E-state index contributed by atoms with van der Waals surface area (Å²) >= 11 is 0. The smallest absolute Gasteiger partial charge is 0.0164 e. The van der Waals surface area contributed by atoms with Crippen LogP contribution >= 0.6 is 0 Å². The Hall–Kier alpha value is -0.0800. The second-order valence-electron chi connectivity index (χ2n) is 4.28. The number of hydrogen-bond acceptors (Lipinski definition) is 2. The lowest BCUT2D eigenvalue weighted by atomic mass is 9.99. The van der Waals surface area contributed by atoms with Crippen molar-refractivity contribution in [3.8, 4) is 0 Å². The molecule has 2 heteroatoms. The average molecular weight is 200 g/mol. The van der Waals surface area contributed by atoms with E-state index in [1.54, 1.807) is 0 Å². The third-order valence-corrected chi connectivity index (χ3v) is 2.81. The highest BCUT2D eigenvalue weighted by molar-refractivity contribution is 4.67. The summed E-state index contributed by atoms with van der Waals surface area (Å²) in [5.74, 6) is 0.870. The molecule has 0 saturated carbocycles. The molecule has 14 heavy (non-hydrogen) atoms. The van der Waals surface area contributed by atoms with Crippen molar-refractivity contribution in [1.29, 1.82) is 0 Å². The van der Waals surface area contributed by atoms with E-state index in [0.717, 1.165) is 12.5 Å². The van der Waals surface area contributed by atoms with Gasteiger partial charge in [0.05, 0.1) is 0 Å². The van der Waals surface area contributed by atoms with E-state index in [9.17, 15) is 0 Å². The van der Waals surface area contributed by atoms with Gasteiger partial charge >= 0.3 is 0 Å². The van der Waals surface area contributed by atoms with Crippen LogP contribution in [0, 0.1) is 5.92 Å². The van der Waals surface area contributed by atoms with Gasteiger partial charge in [0.2, 0.25) is 0 Å². The summed E-state index contributed by atoms with van der Waals surface area (Å²) in [6.45, 7) is 9.04. The highest BCUT2D eigenvalue weighted by Gasteiger charge is 2.07. The van der Waals surface area contributed by atoms with Gasteiger partial charge in [0, 0.05) is 12.6 Å². The molecule has 0 heterocycles. The summed E-state index contributed by atoms with van der Waals surface area (Å²) in [7, 11) is 2.01. The molecule has 2 nitrogen and oxygen atoms in total. The summed E-state index contributed by atoms with van der Waals surface area (Å²) in [5, 5.41) is 6.77. The average Bonchev–Trinajstić information content (AvgIpc) is 2.19. The number of hydrogen-bond donors (Lipinski definition) is 2. The minimum absolute atomic E-state index is 0.593. The number of unbranched alkanes of at least 4 members (excludes halogenated alkanes) is 1. The molecule has 0 rings (SSSR count). The summed E-state index contributed by atoms with van der Waals surface area (Å²) in [6.07, 6.45) is 5.38. The van der Waals surface area contributed by atoms with Crippen molar-refractivity contribution in [2.45, 2.75) is 52.5 Å². The Morgan fingerprint density at radius 3 is 2.36 bits per heavy atom. The molecule has 86 valence electrons. The summed E-state index contributed by atoms with van der Waals surface area (Å²) in [5.41, 5.74) is 0. The maximum Gasteiger partial charge on any atom is 0.0164 e. The lowest BCUT2D eigenvalue weighted by molar-refractivity contribution is 0.391. The van der Waals surface area contributed by atoms with Gasteiger partial charge in [-0.05, 0) is 32.9 Å². The van der Waals surface area contributed by atoms with Crippen LogP contribution in [0.1, 0.15) is 46.5 Å². The molecule has 2 unspecified atom stereocenters. The van der Waals surface area contributed by atoms with Gasteiger partial charge in [0.1, 0.15) is 0 Å². The maximum absolute atomic E-state index is 3.58. The van der Waals surface area contributed by atoms with Gasteiger partial charge in [0.15, 0.2) is 0 Å². The zero-order chi connectivity index (χ0) is 10.8. The van der Waals surface area contributed by atoms with Crippen LogP contribution in [-0.2, 0) is 0 Å².